The molecule has 0 saturated heterocycles. The van der Waals surface area contributed by atoms with Gasteiger partial charge in [0.25, 0.3) is 0 Å². The minimum atomic E-state index is -2.63. The first-order valence-corrected chi connectivity index (χ1v) is 19.0. The molecular weight excluding hydrogens is 541 g/mol. The quantitative estimate of drug-likeness (QED) is 0.192. The van der Waals surface area contributed by atoms with Crippen LogP contribution in [-0.4, -0.2) is 21.3 Å². The summed E-state index contributed by atoms with van der Waals surface area (Å²) in [6.07, 6.45) is 0. The van der Waals surface area contributed by atoms with E-state index >= 15 is 0 Å². The number of rotatable bonds is 7. The van der Waals surface area contributed by atoms with Crippen LogP contribution in [-0.2, 0) is 6.61 Å². The van der Waals surface area contributed by atoms with Crippen LogP contribution in [0, 0.1) is 0 Å². The smallest absolute Gasteiger partial charge is 0.153 e. The van der Waals surface area contributed by atoms with E-state index in [2.05, 4.69) is 181 Å². The fraction of sp³-hybridized carbons (Fsp3) is 0.231. The first-order valence-electron chi connectivity index (χ1n) is 15.0. The summed E-state index contributed by atoms with van der Waals surface area (Å²) in [4.78, 5) is 0. The minimum Gasteiger partial charge on any atom is -0.392 e. The maximum atomic E-state index is 10.8. The molecule has 0 aliphatic rings. The molecule has 0 bridgehead atoms. The Kier molecular flexibility index (Phi) is 8.31. The van der Waals surface area contributed by atoms with Crippen LogP contribution in [0.25, 0.3) is 0 Å². The lowest BCUT2D eigenvalue weighted by molar-refractivity contribution is 0.282. The largest absolute Gasteiger partial charge is 0.392 e. The monoisotopic (exact) mass is 584 g/mol. The Morgan fingerprint density at radius 1 is 0.405 bits per heavy atom. The van der Waals surface area contributed by atoms with Crippen LogP contribution in [0.2, 0.25) is 10.1 Å². The van der Waals surface area contributed by atoms with Crippen molar-refractivity contribution in [3.8, 4) is 0 Å². The molecule has 0 saturated carbocycles. The Morgan fingerprint density at radius 2 is 0.667 bits per heavy atom. The Bertz CT molecular complexity index is 1400. The van der Waals surface area contributed by atoms with Gasteiger partial charge in [-0.15, -0.1) is 0 Å². The van der Waals surface area contributed by atoms with Crippen molar-refractivity contribution in [2.75, 3.05) is 0 Å². The average Bonchev–Trinajstić information content (AvgIpc) is 2.99. The van der Waals surface area contributed by atoms with Gasteiger partial charge in [0, 0.05) is 0 Å². The average molecular weight is 585 g/mol. The number of benzene rings is 5. The lowest BCUT2D eigenvalue weighted by atomic mass is 10.2. The highest BCUT2D eigenvalue weighted by atomic mass is 28.3. The molecule has 0 amide bonds. The van der Waals surface area contributed by atoms with Crippen LogP contribution < -0.4 is 31.1 Å². The van der Waals surface area contributed by atoms with Crippen molar-refractivity contribution >= 4 is 47.3 Å². The van der Waals surface area contributed by atoms with Gasteiger partial charge in [-0.3, -0.25) is 0 Å². The molecule has 0 aliphatic carbocycles. The lowest BCUT2D eigenvalue weighted by Crippen LogP contribution is -2.75. The molecule has 0 atom stereocenters. The van der Waals surface area contributed by atoms with Gasteiger partial charge >= 0.3 is 0 Å². The summed E-state index contributed by atoms with van der Waals surface area (Å²) in [5, 5.41) is 19.0. The van der Waals surface area contributed by atoms with Gasteiger partial charge < -0.3 is 5.11 Å². The molecule has 3 heteroatoms. The SMILES string of the molecule is CC(C)(C)[Si](c1ccccc1)(c1ccccc1)c1cc(CO)cc([Si](c2ccccc2)(c2ccccc2)C(C)(C)C)c1. The summed E-state index contributed by atoms with van der Waals surface area (Å²) in [5.41, 5.74) is 0.989. The molecule has 0 unspecified atom stereocenters. The van der Waals surface area contributed by atoms with E-state index < -0.39 is 16.1 Å². The highest BCUT2D eigenvalue weighted by Crippen LogP contribution is 2.38. The zero-order valence-corrected chi connectivity index (χ0v) is 27.9. The van der Waals surface area contributed by atoms with Gasteiger partial charge in [-0.1, -0.05) is 181 Å². The van der Waals surface area contributed by atoms with Crippen molar-refractivity contribution in [1.82, 2.24) is 0 Å². The zero-order chi connectivity index (χ0) is 30.0. The number of hydrogen-bond donors (Lipinski definition) is 1. The summed E-state index contributed by atoms with van der Waals surface area (Å²) in [6.45, 7) is 14.5. The van der Waals surface area contributed by atoms with Crippen molar-refractivity contribution in [3.05, 3.63) is 145 Å². The van der Waals surface area contributed by atoms with E-state index in [1.807, 2.05) is 0 Å². The van der Waals surface area contributed by atoms with E-state index in [-0.39, 0.29) is 16.7 Å². The fourth-order valence-corrected chi connectivity index (χ4v) is 19.2. The molecule has 214 valence electrons. The first kappa shape index (κ1) is 30.0. The van der Waals surface area contributed by atoms with E-state index in [0.29, 0.717) is 0 Å². The number of aliphatic hydroxyl groups is 1. The highest BCUT2D eigenvalue weighted by molar-refractivity contribution is 7.15. The van der Waals surface area contributed by atoms with E-state index in [4.69, 9.17) is 0 Å². The van der Waals surface area contributed by atoms with Gasteiger partial charge in [-0.25, -0.2) is 0 Å². The van der Waals surface area contributed by atoms with Crippen molar-refractivity contribution in [3.63, 3.8) is 0 Å². The summed E-state index contributed by atoms with van der Waals surface area (Å²) >= 11 is 0. The lowest BCUT2D eigenvalue weighted by Gasteiger charge is -2.47. The molecule has 1 N–H and O–H groups in total. The Labute approximate surface area is 255 Å². The molecule has 5 rings (SSSR count). The maximum Gasteiger partial charge on any atom is 0.153 e. The van der Waals surface area contributed by atoms with Crippen LogP contribution in [0.15, 0.2) is 140 Å². The molecule has 5 aromatic carbocycles. The molecular formula is C39H44OSi2. The predicted molar refractivity (Wildman–Crippen MR) is 187 cm³/mol. The normalized spacial score (nSPS) is 12.7. The standard InChI is InChI=1S/C39H44OSi2/c1-38(2,3)41(32-19-11-7-12-20-32,33-21-13-8-14-22-33)36-27-31(30-40)28-37(29-36)42(39(4,5)6,34-23-15-9-16-24-34)35-25-17-10-18-26-35/h7-29,40H,30H2,1-6H3. The first-order chi connectivity index (χ1) is 20.1. The third kappa shape index (κ3) is 4.94. The second-order valence-electron chi connectivity index (χ2n) is 13.5. The number of aliphatic hydroxyl groups excluding tert-OH is 1. The predicted octanol–water partition coefficient (Wildman–Crippen LogP) is 5.72. The summed E-state index contributed by atoms with van der Waals surface area (Å²) in [5.74, 6) is 0. The third-order valence-electron chi connectivity index (χ3n) is 9.12. The van der Waals surface area contributed by atoms with Crippen molar-refractivity contribution in [1.29, 1.82) is 0 Å². The summed E-state index contributed by atoms with van der Waals surface area (Å²) in [7, 11) is -5.27. The molecule has 0 aliphatic heterocycles. The van der Waals surface area contributed by atoms with Crippen LogP contribution >= 0.6 is 0 Å². The van der Waals surface area contributed by atoms with E-state index in [1.165, 1.54) is 31.1 Å². The van der Waals surface area contributed by atoms with Crippen LogP contribution in [0.3, 0.4) is 0 Å². The molecule has 1 nitrogen and oxygen atoms in total. The molecule has 0 aromatic heterocycles. The molecule has 0 spiro atoms. The third-order valence-corrected chi connectivity index (χ3v) is 20.7. The van der Waals surface area contributed by atoms with Crippen LogP contribution in [0.1, 0.15) is 47.1 Å². The van der Waals surface area contributed by atoms with E-state index in [0.717, 1.165) is 5.56 Å². The molecule has 42 heavy (non-hydrogen) atoms. The Hall–Kier alpha value is -3.51. The second kappa shape index (κ2) is 11.6. The van der Waals surface area contributed by atoms with Crippen LogP contribution in [0.5, 0.6) is 0 Å². The van der Waals surface area contributed by atoms with Crippen LogP contribution in [0.4, 0.5) is 0 Å². The van der Waals surface area contributed by atoms with Crippen molar-refractivity contribution < 1.29 is 5.11 Å². The molecule has 0 fully saturated rings. The van der Waals surface area contributed by atoms with Gasteiger partial charge in [-0.2, -0.15) is 0 Å². The molecule has 0 heterocycles. The van der Waals surface area contributed by atoms with Gasteiger partial charge in [0.05, 0.1) is 6.61 Å². The van der Waals surface area contributed by atoms with Gasteiger partial charge in [0.15, 0.2) is 16.1 Å². The topological polar surface area (TPSA) is 20.2 Å². The van der Waals surface area contributed by atoms with Gasteiger partial charge in [0.1, 0.15) is 0 Å². The number of hydrogen-bond acceptors (Lipinski definition) is 1. The van der Waals surface area contributed by atoms with Crippen molar-refractivity contribution in [2.45, 2.75) is 58.2 Å². The maximum absolute atomic E-state index is 10.8. The Balaban J connectivity index is 1.98. The fourth-order valence-electron chi connectivity index (χ4n) is 7.57. The van der Waals surface area contributed by atoms with E-state index in [9.17, 15) is 5.11 Å². The van der Waals surface area contributed by atoms with Gasteiger partial charge in [0.2, 0.25) is 0 Å². The van der Waals surface area contributed by atoms with E-state index in [1.54, 1.807) is 0 Å². The second-order valence-corrected chi connectivity index (χ2v) is 23.0. The Morgan fingerprint density at radius 3 is 0.881 bits per heavy atom. The summed E-state index contributed by atoms with van der Waals surface area (Å²) in [6, 6.07) is 51.8. The molecule has 0 radical (unpaired) electrons. The summed E-state index contributed by atoms with van der Waals surface area (Å²) < 4.78 is 0. The van der Waals surface area contributed by atoms with Crippen molar-refractivity contribution in [2.24, 2.45) is 0 Å². The highest BCUT2D eigenvalue weighted by Gasteiger charge is 2.52. The van der Waals surface area contributed by atoms with Gasteiger partial charge in [-0.05, 0) is 46.8 Å². The zero-order valence-electron chi connectivity index (χ0n) is 25.9. The molecule has 5 aromatic rings. The minimum absolute atomic E-state index is 0.0112.